The number of rotatable bonds is 8. The van der Waals surface area contributed by atoms with Gasteiger partial charge in [0.05, 0.1) is 13.1 Å². The number of nitrogens with two attached hydrogens (primary N) is 1. The predicted molar refractivity (Wildman–Crippen MR) is 135 cm³/mol. The molecule has 2 saturated heterocycles. The minimum absolute atomic E-state index is 0. The highest BCUT2D eigenvalue weighted by atomic mass is 127. The average molecular weight is 558 g/mol. The molecule has 0 saturated carbocycles. The molecule has 2 heterocycles. The van der Waals surface area contributed by atoms with Gasteiger partial charge in [-0.25, -0.2) is 4.99 Å². The Hall–Kier alpha value is -2.08. The van der Waals surface area contributed by atoms with E-state index in [2.05, 4.69) is 22.0 Å². The number of amides is 2. The number of guanidine groups is 1. The van der Waals surface area contributed by atoms with E-state index in [-0.39, 0.29) is 36.5 Å². The van der Waals surface area contributed by atoms with Gasteiger partial charge in [-0.1, -0.05) is 12.1 Å². The van der Waals surface area contributed by atoms with E-state index in [9.17, 15) is 9.59 Å². The summed E-state index contributed by atoms with van der Waals surface area (Å²) in [6.07, 6.45) is 2.25. The number of piperazine rings is 1. The van der Waals surface area contributed by atoms with Gasteiger partial charge in [0.2, 0.25) is 5.91 Å². The first-order valence-corrected chi connectivity index (χ1v) is 11.1. The summed E-state index contributed by atoms with van der Waals surface area (Å²) in [7, 11) is 0. The molecule has 1 aromatic carbocycles. The van der Waals surface area contributed by atoms with E-state index in [4.69, 9.17) is 15.5 Å². The fraction of sp³-hybridized carbons (Fsp3) is 0.591. The maximum Gasteiger partial charge on any atom is 0.255 e. The third-order valence-corrected chi connectivity index (χ3v) is 5.52. The van der Waals surface area contributed by atoms with Gasteiger partial charge in [0.25, 0.3) is 5.91 Å². The minimum atomic E-state index is -0.501. The summed E-state index contributed by atoms with van der Waals surface area (Å²) in [5, 5.41) is 3.37. The molecule has 0 radical (unpaired) electrons. The molecule has 0 aliphatic carbocycles. The zero-order chi connectivity index (χ0) is 22.1. The van der Waals surface area contributed by atoms with Gasteiger partial charge in [0, 0.05) is 45.8 Å². The fourth-order valence-electron chi connectivity index (χ4n) is 3.86. The number of carbonyl (C=O) groups is 2. The zero-order valence-corrected chi connectivity index (χ0v) is 21.1. The quantitative estimate of drug-likeness (QED) is 0.279. The Kier molecular flexibility index (Phi) is 11.0. The van der Waals surface area contributed by atoms with Crippen molar-refractivity contribution in [2.75, 3.05) is 59.0 Å². The lowest BCUT2D eigenvalue weighted by atomic mass is 10.2. The number of nitrogens with one attached hydrogen (secondary N) is 1. The van der Waals surface area contributed by atoms with Gasteiger partial charge in [0.1, 0.15) is 5.75 Å². The second kappa shape index (κ2) is 13.5. The van der Waals surface area contributed by atoms with E-state index < -0.39 is 5.91 Å². The normalized spacial score (nSPS) is 17.1. The van der Waals surface area contributed by atoms with Gasteiger partial charge in [0.15, 0.2) is 12.6 Å². The molecule has 0 bridgehead atoms. The summed E-state index contributed by atoms with van der Waals surface area (Å²) in [5.74, 6) is 1.23. The van der Waals surface area contributed by atoms with E-state index in [1.165, 1.54) is 0 Å². The molecule has 3 rings (SSSR count). The number of halogens is 1. The lowest BCUT2D eigenvalue weighted by Gasteiger charge is -2.36. The maximum absolute atomic E-state index is 12.4. The number of primary amides is 1. The number of carbonyl (C=O) groups excluding carboxylic acids is 2. The molecular formula is C22H35IN6O3. The Morgan fingerprint density at radius 3 is 2.47 bits per heavy atom. The van der Waals surface area contributed by atoms with Gasteiger partial charge in [-0.2, -0.15) is 0 Å². The van der Waals surface area contributed by atoms with Gasteiger partial charge in [-0.3, -0.25) is 14.5 Å². The van der Waals surface area contributed by atoms with Gasteiger partial charge < -0.3 is 25.6 Å². The largest absolute Gasteiger partial charge is 0.484 e. The number of hydrogen-bond donors (Lipinski definition) is 2. The Balaban J connectivity index is 0.00000363. The summed E-state index contributed by atoms with van der Waals surface area (Å²) >= 11 is 0. The van der Waals surface area contributed by atoms with E-state index in [1.807, 2.05) is 23.1 Å². The number of likely N-dealkylation sites (tertiary alicyclic amines) is 1. The van der Waals surface area contributed by atoms with E-state index in [1.54, 1.807) is 6.07 Å². The van der Waals surface area contributed by atoms with Gasteiger partial charge in [-0.05, 0) is 37.5 Å². The second-order valence-electron chi connectivity index (χ2n) is 7.92. The van der Waals surface area contributed by atoms with Crippen LogP contribution in [-0.4, -0.2) is 91.4 Å². The number of hydrogen-bond acceptors (Lipinski definition) is 5. The van der Waals surface area contributed by atoms with Crippen molar-refractivity contribution in [1.82, 2.24) is 20.0 Å². The molecule has 2 fully saturated rings. The van der Waals surface area contributed by atoms with Crippen molar-refractivity contribution >= 4 is 41.8 Å². The molecule has 0 atom stereocenters. The van der Waals surface area contributed by atoms with E-state index in [0.29, 0.717) is 18.8 Å². The molecule has 2 amide bonds. The number of benzene rings is 1. The lowest BCUT2D eigenvalue weighted by molar-refractivity contribution is -0.131. The zero-order valence-electron chi connectivity index (χ0n) is 18.8. The summed E-state index contributed by atoms with van der Waals surface area (Å²) in [6, 6.07) is 7.53. The molecule has 2 aliphatic rings. The van der Waals surface area contributed by atoms with Gasteiger partial charge >= 0.3 is 0 Å². The SMILES string of the molecule is CCNC(=NCc1cccc(OCC(N)=O)c1)N1CCN(CC(=O)N2CCCC2)CC1.I. The monoisotopic (exact) mass is 558 g/mol. The smallest absolute Gasteiger partial charge is 0.255 e. The topological polar surface area (TPSA) is 103 Å². The third-order valence-electron chi connectivity index (χ3n) is 5.52. The van der Waals surface area contributed by atoms with Crippen LogP contribution in [-0.2, 0) is 16.1 Å². The molecule has 3 N–H and O–H groups in total. The molecule has 2 aliphatic heterocycles. The Bertz CT molecular complexity index is 777. The fourth-order valence-corrected chi connectivity index (χ4v) is 3.86. The highest BCUT2D eigenvalue weighted by Crippen LogP contribution is 2.14. The van der Waals surface area contributed by atoms with Crippen molar-refractivity contribution in [3.8, 4) is 5.75 Å². The highest BCUT2D eigenvalue weighted by Gasteiger charge is 2.24. The van der Waals surface area contributed by atoms with Crippen LogP contribution in [0.4, 0.5) is 0 Å². The first-order chi connectivity index (χ1) is 15.0. The van der Waals surface area contributed by atoms with Crippen LogP contribution in [0.15, 0.2) is 29.3 Å². The first-order valence-electron chi connectivity index (χ1n) is 11.1. The molecule has 9 nitrogen and oxygen atoms in total. The third kappa shape index (κ3) is 8.12. The first kappa shape index (κ1) is 26.2. The van der Waals surface area contributed by atoms with Crippen molar-refractivity contribution in [3.63, 3.8) is 0 Å². The number of aliphatic imine (C=N–C) groups is 1. The highest BCUT2D eigenvalue weighted by molar-refractivity contribution is 14.0. The molecule has 10 heteroatoms. The maximum atomic E-state index is 12.4. The molecule has 1 aromatic rings. The Labute approximate surface area is 207 Å². The summed E-state index contributed by atoms with van der Waals surface area (Å²) in [5.41, 5.74) is 6.13. The average Bonchev–Trinajstić information content (AvgIpc) is 3.31. The standard InChI is InChI=1S/C22H34N6O3.HI/c1-2-24-22(25-15-18-6-5-7-19(14-18)31-17-20(23)29)28-12-10-26(11-13-28)16-21(30)27-8-3-4-9-27;/h5-7,14H,2-4,8-13,15-17H2,1H3,(H2,23,29)(H,24,25);1H. The minimum Gasteiger partial charge on any atom is -0.484 e. The molecule has 0 spiro atoms. The van der Waals surface area contributed by atoms with Crippen LogP contribution in [0, 0.1) is 0 Å². The van der Waals surface area contributed by atoms with Crippen molar-refractivity contribution in [2.24, 2.45) is 10.7 Å². The molecule has 32 heavy (non-hydrogen) atoms. The molecular weight excluding hydrogens is 523 g/mol. The number of ether oxygens (including phenoxy) is 1. The molecule has 0 aromatic heterocycles. The van der Waals surface area contributed by atoms with Crippen LogP contribution >= 0.6 is 24.0 Å². The lowest BCUT2D eigenvalue weighted by Crippen LogP contribution is -2.54. The van der Waals surface area contributed by atoms with Crippen LogP contribution in [0.2, 0.25) is 0 Å². The van der Waals surface area contributed by atoms with Crippen LogP contribution in [0.5, 0.6) is 5.75 Å². The van der Waals surface area contributed by atoms with E-state index >= 15 is 0 Å². The Morgan fingerprint density at radius 1 is 1.09 bits per heavy atom. The molecule has 178 valence electrons. The van der Waals surface area contributed by atoms with Crippen molar-refractivity contribution in [1.29, 1.82) is 0 Å². The van der Waals surface area contributed by atoms with Crippen molar-refractivity contribution in [2.45, 2.75) is 26.3 Å². The summed E-state index contributed by atoms with van der Waals surface area (Å²) in [6.45, 7) is 8.90. The van der Waals surface area contributed by atoms with Crippen molar-refractivity contribution < 1.29 is 14.3 Å². The summed E-state index contributed by atoms with van der Waals surface area (Å²) < 4.78 is 5.37. The Morgan fingerprint density at radius 2 is 1.81 bits per heavy atom. The van der Waals surface area contributed by atoms with Gasteiger partial charge in [-0.15, -0.1) is 24.0 Å². The van der Waals surface area contributed by atoms with Crippen LogP contribution in [0.1, 0.15) is 25.3 Å². The van der Waals surface area contributed by atoms with Crippen molar-refractivity contribution in [3.05, 3.63) is 29.8 Å². The predicted octanol–water partition coefficient (Wildman–Crippen LogP) is 0.874. The second-order valence-corrected chi connectivity index (χ2v) is 7.92. The van der Waals surface area contributed by atoms with Crippen LogP contribution in [0.25, 0.3) is 0 Å². The number of nitrogens with zero attached hydrogens (tertiary/aromatic N) is 4. The van der Waals surface area contributed by atoms with E-state index in [0.717, 1.165) is 70.2 Å². The summed E-state index contributed by atoms with van der Waals surface area (Å²) in [4.78, 5) is 34.6. The van der Waals surface area contributed by atoms with Crippen LogP contribution < -0.4 is 15.8 Å². The molecule has 0 unspecified atom stereocenters. The van der Waals surface area contributed by atoms with Crippen LogP contribution in [0.3, 0.4) is 0 Å².